The lowest BCUT2D eigenvalue weighted by atomic mass is 10.1. The van der Waals surface area contributed by atoms with Crippen LogP contribution in [-0.2, 0) is 13.1 Å². The molecule has 0 atom stereocenters. The molecule has 2 N–H and O–H groups in total. The molecule has 1 amide bonds. The first-order chi connectivity index (χ1) is 17.7. The van der Waals surface area contributed by atoms with E-state index in [1.54, 1.807) is 22.9 Å². The Morgan fingerprint density at radius 1 is 1.16 bits per heavy atom. The average molecular weight is 505 g/mol. The second kappa shape index (κ2) is 9.64. The molecule has 1 saturated carbocycles. The zero-order chi connectivity index (χ0) is 26.3. The molecule has 0 bridgehead atoms. The second-order valence-corrected chi connectivity index (χ2v) is 9.54. The van der Waals surface area contributed by atoms with E-state index in [4.69, 9.17) is 5.10 Å². The van der Waals surface area contributed by atoms with Gasteiger partial charge in [-0.05, 0) is 63.8 Å². The fraction of sp³-hybridized carbons (Fsp3) is 0.346. The Morgan fingerprint density at radius 3 is 2.57 bits per heavy atom. The van der Waals surface area contributed by atoms with Gasteiger partial charge in [0.25, 0.3) is 0 Å². The van der Waals surface area contributed by atoms with Crippen molar-refractivity contribution < 1.29 is 14.3 Å². The average Bonchev–Trinajstić information content (AvgIpc) is 3.59. The topological polar surface area (TPSA) is 114 Å². The summed E-state index contributed by atoms with van der Waals surface area (Å²) in [5.74, 6) is 2.28. The number of nitrogens with one attached hydrogen (secondary N) is 1. The molecule has 1 fully saturated rings. The molecule has 4 aromatic rings. The Hall–Kier alpha value is -4.28. The lowest BCUT2D eigenvalue weighted by Crippen LogP contribution is -2.24. The first-order valence-corrected chi connectivity index (χ1v) is 12.1. The van der Waals surface area contributed by atoms with Gasteiger partial charge in [0.2, 0.25) is 0 Å². The maximum Gasteiger partial charge on any atom is 0.407 e. The quantitative estimate of drug-likeness (QED) is 0.352. The number of aryl methyl sites for hydroxylation is 1. The number of carboxylic acid groups (broad SMARTS) is 1. The number of nitrogens with zero attached hydrogens (tertiary/aromatic N) is 7. The van der Waals surface area contributed by atoms with Crippen molar-refractivity contribution in [3.63, 3.8) is 0 Å². The third-order valence-electron chi connectivity index (χ3n) is 6.71. The van der Waals surface area contributed by atoms with Crippen LogP contribution in [0.4, 0.5) is 20.8 Å². The van der Waals surface area contributed by atoms with Gasteiger partial charge < -0.3 is 15.3 Å². The molecule has 0 unspecified atom stereocenters. The van der Waals surface area contributed by atoms with Crippen LogP contribution in [0.15, 0.2) is 36.7 Å². The monoisotopic (exact) mass is 504 g/mol. The molecule has 0 saturated heterocycles. The standard InChI is InChI=1S/C26H29FN8O2/c1-15-24(19-7-9-20(27)10-8-19)32-34(12-18-5-6-18)25(15)30-22-11-23(29-14-28-22)35-17(3)21(16(2)31-35)13-33(4)26(36)37/h7-11,14,18H,5-6,12-13H2,1-4H3,(H,36,37)(H,28,29,30). The van der Waals surface area contributed by atoms with Crippen molar-refractivity contribution in [3.8, 4) is 17.1 Å². The van der Waals surface area contributed by atoms with Crippen LogP contribution < -0.4 is 5.32 Å². The van der Waals surface area contributed by atoms with Gasteiger partial charge in [0.15, 0.2) is 5.82 Å². The molecule has 10 nitrogen and oxygen atoms in total. The molecule has 0 radical (unpaired) electrons. The zero-order valence-corrected chi connectivity index (χ0v) is 21.2. The molecule has 37 heavy (non-hydrogen) atoms. The van der Waals surface area contributed by atoms with Crippen molar-refractivity contribution >= 4 is 17.7 Å². The molecule has 1 aromatic carbocycles. The number of halogens is 1. The van der Waals surface area contributed by atoms with E-state index >= 15 is 0 Å². The van der Waals surface area contributed by atoms with Crippen LogP contribution in [0.25, 0.3) is 17.1 Å². The van der Waals surface area contributed by atoms with E-state index in [1.807, 2.05) is 25.5 Å². The van der Waals surface area contributed by atoms with Crippen molar-refractivity contribution in [2.45, 2.75) is 46.7 Å². The summed E-state index contributed by atoms with van der Waals surface area (Å²) in [6.45, 7) is 6.76. The van der Waals surface area contributed by atoms with Gasteiger partial charge in [-0.3, -0.25) is 0 Å². The van der Waals surface area contributed by atoms with Crippen molar-refractivity contribution in [2.75, 3.05) is 12.4 Å². The number of aromatic nitrogens is 6. The molecular weight excluding hydrogens is 475 g/mol. The highest BCUT2D eigenvalue weighted by molar-refractivity contribution is 5.71. The van der Waals surface area contributed by atoms with Crippen LogP contribution in [0.2, 0.25) is 0 Å². The summed E-state index contributed by atoms with van der Waals surface area (Å²) in [6, 6.07) is 8.15. The molecule has 192 valence electrons. The molecule has 1 aliphatic carbocycles. The predicted molar refractivity (Wildman–Crippen MR) is 136 cm³/mol. The lowest BCUT2D eigenvalue weighted by molar-refractivity contribution is 0.153. The highest BCUT2D eigenvalue weighted by Gasteiger charge is 2.26. The zero-order valence-electron chi connectivity index (χ0n) is 21.2. The smallest absolute Gasteiger partial charge is 0.407 e. The van der Waals surface area contributed by atoms with Crippen molar-refractivity contribution in [2.24, 2.45) is 5.92 Å². The summed E-state index contributed by atoms with van der Waals surface area (Å²) in [7, 11) is 1.53. The summed E-state index contributed by atoms with van der Waals surface area (Å²) in [5, 5.41) is 22.1. The van der Waals surface area contributed by atoms with E-state index in [1.165, 1.54) is 43.2 Å². The minimum Gasteiger partial charge on any atom is -0.465 e. The van der Waals surface area contributed by atoms with Crippen LogP contribution >= 0.6 is 0 Å². The highest BCUT2D eigenvalue weighted by Crippen LogP contribution is 2.35. The van der Waals surface area contributed by atoms with Gasteiger partial charge in [0.05, 0.1) is 17.9 Å². The number of hydrogen-bond acceptors (Lipinski definition) is 6. The van der Waals surface area contributed by atoms with Crippen molar-refractivity contribution in [1.82, 2.24) is 34.4 Å². The maximum atomic E-state index is 13.5. The Bertz CT molecular complexity index is 1460. The number of carbonyl (C=O) groups is 1. The Balaban J connectivity index is 1.47. The predicted octanol–water partition coefficient (Wildman–Crippen LogP) is 4.85. The minimum absolute atomic E-state index is 0.231. The summed E-state index contributed by atoms with van der Waals surface area (Å²) < 4.78 is 17.2. The highest BCUT2D eigenvalue weighted by atomic mass is 19.1. The molecule has 1 aliphatic rings. The summed E-state index contributed by atoms with van der Waals surface area (Å²) in [6.07, 6.45) is 2.83. The van der Waals surface area contributed by atoms with Crippen LogP contribution in [0, 0.1) is 32.5 Å². The van der Waals surface area contributed by atoms with Gasteiger partial charge >= 0.3 is 6.09 Å². The Kier molecular flexibility index (Phi) is 6.36. The number of amides is 1. The van der Waals surface area contributed by atoms with Gasteiger partial charge in [-0.25, -0.2) is 28.5 Å². The number of rotatable bonds is 8. The summed E-state index contributed by atoms with van der Waals surface area (Å²) in [5.41, 5.74) is 4.97. The van der Waals surface area contributed by atoms with E-state index < -0.39 is 6.09 Å². The van der Waals surface area contributed by atoms with E-state index in [0.717, 1.165) is 46.1 Å². The first-order valence-electron chi connectivity index (χ1n) is 12.1. The largest absolute Gasteiger partial charge is 0.465 e. The van der Waals surface area contributed by atoms with E-state index in [9.17, 15) is 14.3 Å². The number of anilines is 2. The van der Waals surface area contributed by atoms with Crippen LogP contribution in [-0.4, -0.2) is 52.7 Å². The lowest BCUT2D eigenvalue weighted by Gasteiger charge is -2.13. The van der Waals surface area contributed by atoms with Crippen LogP contribution in [0.3, 0.4) is 0 Å². The van der Waals surface area contributed by atoms with E-state index in [-0.39, 0.29) is 12.4 Å². The molecule has 3 heterocycles. The van der Waals surface area contributed by atoms with Gasteiger partial charge in [-0.15, -0.1) is 0 Å². The van der Waals surface area contributed by atoms with Gasteiger partial charge in [-0.1, -0.05) is 0 Å². The third kappa shape index (κ3) is 5.02. The number of benzene rings is 1. The van der Waals surface area contributed by atoms with E-state index in [0.29, 0.717) is 17.6 Å². The fourth-order valence-corrected chi connectivity index (χ4v) is 4.35. The summed E-state index contributed by atoms with van der Waals surface area (Å²) in [4.78, 5) is 21.3. The molecular formula is C26H29FN8O2. The molecule has 3 aromatic heterocycles. The van der Waals surface area contributed by atoms with E-state index in [2.05, 4.69) is 20.4 Å². The molecule has 0 spiro atoms. The van der Waals surface area contributed by atoms with Gasteiger partial charge in [0.1, 0.15) is 23.8 Å². The minimum atomic E-state index is -1.00. The second-order valence-electron chi connectivity index (χ2n) is 9.54. The first kappa shape index (κ1) is 24.4. The van der Waals surface area contributed by atoms with Gasteiger partial charge in [-0.2, -0.15) is 10.2 Å². The van der Waals surface area contributed by atoms with Crippen molar-refractivity contribution in [1.29, 1.82) is 0 Å². The van der Waals surface area contributed by atoms with Gasteiger partial charge in [0, 0.05) is 42.0 Å². The molecule has 5 rings (SSSR count). The summed E-state index contributed by atoms with van der Waals surface area (Å²) >= 11 is 0. The fourth-order valence-electron chi connectivity index (χ4n) is 4.35. The number of hydrogen-bond donors (Lipinski definition) is 2. The molecule has 11 heteroatoms. The Labute approximate surface area is 213 Å². The van der Waals surface area contributed by atoms with Crippen LogP contribution in [0.1, 0.15) is 35.4 Å². The SMILES string of the molecule is Cc1nn(-c2cc(Nc3c(C)c(-c4ccc(F)cc4)nn3CC3CC3)ncn2)c(C)c1CN(C)C(=O)O. The van der Waals surface area contributed by atoms with Crippen LogP contribution in [0.5, 0.6) is 0 Å². The molecule has 0 aliphatic heterocycles. The third-order valence-corrected chi connectivity index (χ3v) is 6.71. The van der Waals surface area contributed by atoms with Crippen molar-refractivity contribution in [3.05, 3.63) is 65.0 Å². The Morgan fingerprint density at radius 2 is 1.89 bits per heavy atom. The normalized spacial score (nSPS) is 13.1. The maximum absolute atomic E-state index is 13.5.